The van der Waals surface area contributed by atoms with E-state index in [1.54, 1.807) is 6.07 Å². The molecule has 4 N–H and O–H groups in total. The number of amides is 1. The van der Waals surface area contributed by atoms with Gasteiger partial charge in [-0.3, -0.25) is 9.78 Å². The van der Waals surface area contributed by atoms with Crippen LogP contribution in [0.4, 0.5) is 11.5 Å². The number of aryl methyl sites for hydroxylation is 1. The highest BCUT2D eigenvalue weighted by Crippen LogP contribution is 2.31. The second kappa shape index (κ2) is 7.53. The number of anilines is 2. The molecule has 0 spiro atoms. The average molecular weight is 381 g/mol. The molecule has 8 heteroatoms. The summed E-state index contributed by atoms with van der Waals surface area (Å²) in [4.78, 5) is 28.0. The third-order valence-electron chi connectivity index (χ3n) is 4.52. The second-order valence-electron chi connectivity index (χ2n) is 8.15. The molecule has 8 nitrogen and oxygen atoms in total. The summed E-state index contributed by atoms with van der Waals surface area (Å²) < 4.78 is 0. The molecule has 0 saturated carbocycles. The quantitative estimate of drug-likeness (QED) is 0.681. The lowest BCUT2D eigenvalue weighted by molar-refractivity contribution is -0.121. The number of aromatic nitrogens is 3. The first-order chi connectivity index (χ1) is 13.2. The minimum absolute atomic E-state index is 0.0568. The zero-order valence-corrected chi connectivity index (χ0v) is 16.8. The average Bonchev–Trinajstić information content (AvgIpc) is 3.08. The van der Waals surface area contributed by atoms with Crippen LogP contribution in [0, 0.1) is 5.41 Å². The molecule has 0 saturated heterocycles. The van der Waals surface area contributed by atoms with Crippen LogP contribution >= 0.6 is 0 Å². The number of hydrogen-bond donors (Lipinski definition) is 3. The van der Waals surface area contributed by atoms with E-state index >= 15 is 0 Å². The van der Waals surface area contributed by atoms with Crippen molar-refractivity contribution in [2.75, 3.05) is 24.2 Å². The summed E-state index contributed by atoms with van der Waals surface area (Å²) in [5.41, 5.74) is 9.24. The monoisotopic (exact) mass is 381 g/mol. The predicted molar refractivity (Wildman–Crippen MR) is 111 cm³/mol. The summed E-state index contributed by atoms with van der Waals surface area (Å²) in [6, 6.07) is 1.72. The van der Waals surface area contributed by atoms with E-state index in [-0.39, 0.29) is 18.0 Å². The van der Waals surface area contributed by atoms with Gasteiger partial charge in [0, 0.05) is 35.6 Å². The van der Waals surface area contributed by atoms with E-state index in [2.05, 4.69) is 10.3 Å². The van der Waals surface area contributed by atoms with Crippen molar-refractivity contribution < 1.29 is 4.79 Å². The van der Waals surface area contributed by atoms with Crippen LogP contribution in [-0.4, -0.2) is 46.2 Å². The van der Waals surface area contributed by atoms with Gasteiger partial charge in [0.05, 0.1) is 18.4 Å². The van der Waals surface area contributed by atoms with Crippen molar-refractivity contribution in [3.05, 3.63) is 29.1 Å². The zero-order chi connectivity index (χ0) is 20.5. The van der Waals surface area contributed by atoms with Crippen molar-refractivity contribution in [2.45, 2.75) is 45.6 Å². The highest BCUT2D eigenvalue weighted by atomic mass is 16.2. The Labute approximate surface area is 165 Å². The van der Waals surface area contributed by atoms with E-state index in [1.165, 1.54) is 12.4 Å². The van der Waals surface area contributed by atoms with Crippen molar-refractivity contribution in [3.63, 3.8) is 0 Å². The first-order valence-electron chi connectivity index (χ1n) is 9.36. The van der Waals surface area contributed by atoms with Crippen LogP contribution in [0.1, 0.15) is 44.0 Å². The van der Waals surface area contributed by atoms with E-state index in [0.717, 1.165) is 36.3 Å². The predicted octanol–water partition coefficient (Wildman–Crippen LogP) is 1.96. The molecule has 1 aliphatic carbocycles. The van der Waals surface area contributed by atoms with Gasteiger partial charge in [-0.1, -0.05) is 0 Å². The summed E-state index contributed by atoms with van der Waals surface area (Å²) in [6.45, 7) is 6.08. The van der Waals surface area contributed by atoms with Crippen molar-refractivity contribution in [3.8, 4) is 11.5 Å². The third-order valence-corrected chi connectivity index (χ3v) is 4.52. The fourth-order valence-corrected chi connectivity index (χ4v) is 3.32. The van der Waals surface area contributed by atoms with Crippen LogP contribution in [-0.2, 0) is 17.6 Å². The summed E-state index contributed by atoms with van der Waals surface area (Å²) in [6.07, 6.45) is 5.51. The molecule has 0 aromatic carbocycles. The maximum atomic E-state index is 12.4. The van der Waals surface area contributed by atoms with Crippen LogP contribution in [0.15, 0.2) is 12.3 Å². The Morgan fingerprint density at radius 3 is 2.79 bits per heavy atom. The van der Waals surface area contributed by atoms with E-state index in [1.807, 2.05) is 32.7 Å². The number of carbonyl (C=O) groups excluding carboxylic acids is 1. The summed E-state index contributed by atoms with van der Waals surface area (Å²) >= 11 is 0. The van der Waals surface area contributed by atoms with Crippen molar-refractivity contribution >= 4 is 23.6 Å². The number of rotatable bonds is 5. The number of likely N-dealkylation sites (N-methyl/N-ethyl adjacent to an activating group) is 1. The Morgan fingerprint density at radius 2 is 2.11 bits per heavy atom. The molecule has 3 rings (SSSR count). The Hall–Kier alpha value is -3.03. The summed E-state index contributed by atoms with van der Waals surface area (Å²) in [7, 11) is 1.87. The molecule has 0 aliphatic heterocycles. The Morgan fingerprint density at radius 1 is 1.36 bits per heavy atom. The number of carbonyl (C=O) groups is 1. The molecule has 1 amide bonds. The van der Waals surface area contributed by atoms with E-state index in [4.69, 9.17) is 21.1 Å². The van der Waals surface area contributed by atoms with E-state index in [9.17, 15) is 4.79 Å². The fraction of sp³-hybridized carbons (Fsp3) is 0.450. The lowest BCUT2D eigenvalue weighted by Crippen LogP contribution is -2.45. The number of nitrogens with one attached hydrogen (secondary N) is 2. The van der Waals surface area contributed by atoms with Gasteiger partial charge in [-0.2, -0.15) is 0 Å². The van der Waals surface area contributed by atoms with Crippen LogP contribution in [0.5, 0.6) is 0 Å². The molecule has 0 atom stereocenters. The smallest absolute Gasteiger partial charge is 0.239 e. The Kier molecular flexibility index (Phi) is 5.31. The lowest BCUT2D eigenvalue weighted by atomic mass is 10.1. The van der Waals surface area contributed by atoms with Crippen LogP contribution in [0.3, 0.4) is 0 Å². The number of nitrogens with two attached hydrogens (primary N) is 1. The van der Waals surface area contributed by atoms with Gasteiger partial charge in [-0.15, -0.1) is 0 Å². The molecular formula is C20H27N7O. The molecule has 2 heterocycles. The first kappa shape index (κ1) is 19.7. The van der Waals surface area contributed by atoms with Crippen LogP contribution in [0.2, 0.25) is 0 Å². The number of fused-ring (bicyclic) bond motifs is 1. The number of hydrogen-bond acceptors (Lipinski definition) is 7. The number of nitrogens with zero attached hydrogens (tertiary/aromatic N) is 4. The standard InChI is InChI=1S/C20H27N7O/c1-20(2,3)26-17(28)11-27(4)19-13-6-5-7-15(13)24-18(25-19)16-8-12(9-21)14(22)10-23-16/h8-10,21H,5-7,11,22H2,1-4H3,(H,26,28). The van der Waals surface area contributed by atoms with Gasteiger partial charge >= 0.3 is 0 Å². The normalized spacial score (nSPS) is 13.1. The third kappa shape index (κ3) is 4.27. The maximum absolute atomic E-state index is 12.4. The first-order valence-corrected chi connectivity index (χ1v) is 9.36. The fourth-order valence-electron chi connectivity index (χ4n) is 3.32. The lowest BCUT2D eigenvalue weighted by Gasteiger charge is -2.25. The molecule has 2 aromatic heterocycles. The summed E-state index contributed by atoms with van der Waals surface area (Å²) in [5, 5.41) is 10.5. The SMILES string of the molecule is CN(CC(=O)NC(C)(C)C)c1nc(-c2cc(C=N)c(N)cn2)nc2c1CCC2. The molecule has 0 radical (unpaired) electrons. The Balaban J connectivity index is 1.96. The minimum atomic E-state index is -0.284. The minimum Gasteiger partial charge on any atom is -0.397 e. The van der Waals surface area contributed by atoms with Gasteiger partial charge in [0.2, 0.25) is 5.91 Å². The van der Waals surface area contributed by atoms with Gasteiger partial charge in [-0.25, -0.2) is 9.97 Å². The highest BCUT2D eigenvalue weighted by Gasteiger charge is 2.24. The van der Waals surface area contributed by atoms with Crippen molar-refractivity contribution in [1.82, 2.24) is 20.3 Å². The molecule has 0 unspecified atom stereocenters. The Bertz CT molecular complexity index is 918. The van der Waals surface area contributed by atoms with Gasteiger partial charge < -0.3 is 21.4 Å². The molecule has 1 aliphatic rings. The number of pyridine rings is 1. The highest BCUT2D eigenvalue weighted by molar-refractivity contribution is 5.86. The molecule has 0 fully saturated rings. The van der Waals surface area contributed by atoms with E-state index in [0.29, 0.717) is 22.8 Å². The molecule has 2 aromatic rings. The van der Waals surface area contributed by atoms with Crippen molar-refractivity contribution in [1.29, 1.82) is 5.41 Å². The van der Waals surface area contributed by atoms with Gasteiger partial charge in [0.15, 0.2) is 5.82 Å². The molecular weight excluding hydrogens is 354 g/mol. The molecule has 148 valence electrons. The zero-order valence-electron chi connectivity index (χ0n) is 16.8. The largest absolute Gasteiger partial charge is 0.397 e. The topological polar surface area (TPSA) is 121 Å². The summed E-state index contributed by atoms with van der Waals surface area (Å²) in [5.74, 6) is 1.19. The van der Waals surface area contributed by atoms with Crippen LogP contribution < -0.4 is 16.0 Å². The molecule has 28 heavy (non-hydrogen) atoms. The van der Waals surface area contributed by atoms with Crippen LogP contribution in [0.25, 0.3) is 11.5 Å². The number of nitrogen functional groups attached to an aromatic ring is 1. The van der Waals surface area contributed by atoms with Gasteiger partial charge in [0.1, 0.15) is 11.5 Å². The maximum Gasteiger partial charge on any atom is 0.239 e. The van der Waals surface area contributed by atoms with Gasteiger partial charge in [0.25, 0.3) is 0 Å². The second-order valence-corrected chi connectivity index (χ2v) is 8.15. The van der Waals surface area contributed by atoms with Gasteiger partial charge in [-0.05, 0) is 46.1 Å². The van der Waals surface area contributed by atoms with Crippen molar-refractivity contribution in [2.24, 2.45) is 0 Å². The molecule has 0 bridgehead atoms. The van der Waals surface area contributed by atoms with E-state index < -0.39 is 0 Å².